The number of piperidine rings is 2. The van der Waals surface area contributed by atoms with E-state index in [1.54, 1.807) is 0 Å². The first-order chi connectivity index (χ1) is 16.1. The zero-order valence-electron chi connectivity index (χ0n) is 19.5. The summed E-state index contributed by atoms with van der Waals surface area (Å²) in [6, 6.07) is 8.31. The maximum atomic E-state index is 13.0. The minimum atomic E-state index is -0.0982. The largest absolute Gasteiger partial charge is 0.355 e. The number of aryl methyl sites for hydroxylation is 1. The number of carbonyl (C=O) groups excluding carboxylic acids is 1. The van der Waals surface area contributed by atoms with E-state index in [1.807, 2.05) is 19.1 Å². The molecule has 2 aliphatic rings. The highest BCUT2D eigenvalue weighted by atomic mass is 16.5. The second-order valence-electron chi connectivity index (χ2n) is 9.58. The Labute approximate surface area is 194 Å². The number of hydrogen-bond acceptors (Lipinski definition) is 7. The molecule has 8 nitrogen and oxygen atoms in total. The number of nitrogens with zero attached hydrogens (tertiary/aromatic N) is 5. The quantitative estimate of drug-likeness (QED) is 0.631. The highest BCUT2D eigenvalue weighted by Gasteiger charge is 2.28. The Kier molecular flexibility index (Phi) is 6.26. The molecule has 0 spiro atoms. The van der Waals surface area contributed by atoms with Gasteiger partial charge in [0.1, 0.15) is 17.5 Å². The number of fused-ring (bicyclic) bond motifs is 1. The Bertz CT molecular complexity index is 1100. The molecule has 2 aromatic heterocycles. The Balaban J connectivity index is 1.20. The minimum Gasteiger partial charge on any atom is -0.355 e. The molecule has 1 unspecified atom stereocenters. The van der Waals surface area contributed by atoms with Crippen LogP contribution in [0.15, 0.2) is 35.1 Å². The lowest BCUT2D eigenvalue weighted by atomic mass is 9.96. The third kappa shape index (κ3) is 4.85. The first-order valence-electron chi connectivity index (χ1n) is 12.0. The molecule has 0 radical (unpaired) electrons. The van der Waals surface area contributed by atoms with Gasteiger partial charge in [0.2, 0.25) is 5.91 Å². The van der Waals surface area contributed by atoms with Crippen LogP contribution in [0.2, 0.25) is 0 Å². The van der Waals surface area contributed by atoms with E-state index < -0.39 is 0 Å². The van der Waals surface area contributed by atoms with Gasteiger partial charge in [0.05, 0.1) is 11.6 Å². The fourth-order valence-electron chi connectivity index (χ4n) is 4.94. The molecule has 0 saturated carbocycles. The normalized spacial score (nSPS) is 20.3. The lowest BCUT2D eigenvalue weighted by Crippen LogP contribution is -2.41. The summed E-state index contributed by atoms with van der Waals surface area (Å²) < 4.78 is 5.29. The van der Waals surface area contributed by atoms with Crippen LogP contribution < -0.4 is 10.2 Å². The molecule has 2 fully saturated rings. The molecule has 3 aromatic rings. The number of amides is 1. The molecule has 4 heterocycles. The first kappa shape index (κ1) is 21.8. The third-order valence-electron chi connectivity index (χ3n) is 7.02. The van der Waals surface area contributed by atoms with Crippen LogP contribution >= 0.6 is 0 Å². The van der Waals surface area contributed by atoms with Crippen LogP contribution in [-0.4, -0.2) is 52.1 Å². The van der Waals surface area contributed by atoms with Crippen LogP contribution in [0.4, 0.5) is 11.5 Å². The molecule has 0 aliphatic carbocycles. The number of anilines is 2. The van der Waals surface area contributed by atoms with Gasteiger partial charge in [0.15, 0.2) is 0 Å². The standard InChI is InChI=1S/C25H32N6O2/c1-17-9-12-30(13-10-17)14-19-5-7-21(8-6-19)28-24(32)20-4-3-11-31(15-20)23-22-18(2)29-33-25(22)27-16-26-23/h5-8,16-17,20H,3-4,9-15H2,1-2H3,(H,28,32). The van der Waals surface area contributed by atoms with Crippen molar-refractivity contribution in [2.75, 3.05) is 36.4 Å². The number of aromatic nitrogens is 3. The summed E-state index contributed by atoms with van der Waals surface area (Å²) in [6.45, 7) is 9.02. The van der Waals surface area contributed by atoms with Crippen LogP contribution in [0, 0.1) is 18.8 Å². The molecule has 1 aromatic carbocycles. The Morgan fingerprint density at radius 2 is 1.91 bits per heavy atom. The van der Waals surface area contributed by atoms with Gasteiger partial charge < -0.3 is 14.7 Å². The lowest BCUT2D eigenvalue weighted by molar-refractivity contribution is -0.120. The number of rotatable bonds is 5. The SMILES string of the molecule is Cc1noc2ncnc(N3CCCC(C(=O)Nc4ccc(CN5CCC(C)CC5)cc4)C3)c12. The van der Waals surface area contributed by atoms with E-state index in [4.69, 9.17) is 4.52 Å². The van der Waals surface area contributed by atoms with Crippen LogP contribution in [0.25, 0.3) is 11.1 Å². The zero-order chi connectivity index (χ0) is 22.8. The number of benzene rings is 1. The van der Waals surface area contributed by atoms with Gasteiger partial charge in [-0.1, -0.05) is 24.2 Å². The summed E-state index contributed by atoms with van der Waals surface area (Å²) >= 11 is 0. The van der Waals surface area contributed by atoms with E-state index in [9.17, 15) is 4.79 Å². The Hall–Kier alpha value is -3.00. The van der Waals surface area contributed by atoms with E-state index in [1.165, 1.54) is 37.8 Å². The third-order valence-corrected chi connectivity index (χ3v) is 7.02. The molecule has 2 aliphatic heterocycles. The summed E-state index contributed by atoms with van der Waals surface area (Å²) in [7, 11) is 0. The summed E-state index contributed by atoms with van der Waals surface area (Å²) in [4.78, 5) is 26.4. The Morgan fingerprint density at radius 1 is 1.12 bits per heavy atom. The highest BCUT2D eigenvalue weighted by Crippen LogP contribution is 2.30. The summed E-state index contributed by atoms with van der Waals surface area (Å²) in [5.41, 5.74) is 3.41. The van der Waals surface area contributed by atoms with Crippen molar-refractivity contribution >= 4 is 28.5 Å². The predicted molar refractivity (Wildman–Crippen MR) is 128 cm³/mol. The predicted octanol–water partition coefficient (Wildman–Crippen LogP) is 4.01. The summed E-state index contributed by atoms with van der Waals surface area (Å²) in [6.07, 6.45) is 5.86. The minimum absolute atomic E-state index is 0.0600. The van der Waals surface area contributed by atoms with E-state index in [-0.39, 0.29) is 11.8 Å². The van der Waals surface area contributed by atoms with Crippen LogP contribution in [-0.2, 0) is 11.3 Å². The molecular formula is C25H32N6O2. The molecule has 174 valence electrons. The van der Waals surface area contributed by atoms with Crippen molar-refractivity contribution in [2.45, 2.75) is 46.1 Å². The first-order valence-corrected chi connectivity index (χ1v) is 12.0. The number of likely N-dealkylation sites (tertiary alicyclic amines) is 1. The van der Waals surface area contributed by atoms with E-state index in [0.717, 1.165) is 54.4 Å². The van der Waals surface area contributed by atoms with Crippen molar-refractivity contribution in [3.05, 3.63) is 41.9 Å². The van der Waals surface area contributed by atoms with Crippen molar-refractivity contribution in [2.24, 2.45) is 11.8 Å². The maximum absolute atomic E-state index is 13.0. The van der Waals surface area contributed by atoms with E-state index in [2.05, 4.69) is 49.3 Å². The van der Waals surface area contributed by atoms with Crippen molar-refractivity contribution in [3.8, 4) is 0 Å². The van der Waals surface area contributed by atoms with Gasteiger partial charge in [0, 0.05) is 25.3 Å². The number of nitrogens with one attached hydrogen (secondary N) is 1. The fourth-order valence-corrected chi connectivity index (χ4v) is 4.94. The second kappa shape index (κ2) is 9.47. The average molecular weight is 449 g/mol. The number of carbonyl (C=O) groups is 1. The molecule has 1 amide bonds. The summed E-state index contributed by atoms with van der Waals surface area (Å²) in [5, 5.41) is 7.97. The number of hydrogen-bond donors (Lipinski definition) is 1. The van der Waals surface area contributed by atoms with Gasteiger partial charge in [-0.3, -0.25) is 9.69 Å². The zero-order valence-corrected chi connectivity index (χ0v) is 19.5. The molecule has 33 heavy (non-hydrogen) atoms. The van der Waals surface area contributed by atoms with Gasteiger partial charge >= 0.3 is 0 Å². The van der Waals surface area contributed by atoms with Crippen LogP contribution in [0.1, 0.15) is 43.9 Å². The Morgan fingerprint density at radius 3 is 2.70 bits per heavy atom. The maximum Gasteiger partial charge on any atom is 0.263 e. The molecule has 5 rings (SSSR count). The molecule has 0 bridgehead atoms. The van der Waals surface area contributed by atoms with Gasteiger partial charge in [-0.05, 0) is 69.3 Å². The van der Waals surface area contributed by atoms with Crippen molar-refractivity contribution in [1.82, 2.24) is 20.0 Å². The molecule has 2 saturated heterocycles. The smallest absolute Gasteiger partial charge is 0.263 e. The van der Waals surface area contributed by atoms with Crippen molar-refractivity contribution < 1.29 is 9.32 Å². The molecule has 1 atom stereocenters. The van der Waals surface area contributed by atoms with Gasteiger partial charge in [-0.25, -0.2) is 4.98 Å². The highest BCUT2D eigenvalue weighted by molar-refractivity contribution is 5.93. The van der Waals surface area contributed by atoms with Gasteiger partial charge in [0.25, 0.3) is 5.71 Å². The molecule has 8 heteroatoms. The lowest BCUT2D eigenvalue weighted by Gasteiger charge is -2.33. The second-order valence-corrected chi connectivity index (χ2v) is 9.58. The van der Waals surface area contributed by atoms with Gasteiger partial charge in [-0.2, -0.15) is 4.98 Å². The van der Waals surface area contributed by atoms with Crippen LogP contribution in [0.5, 0.6) is 0 Å². The van der Waals surface area contributed by atoms with Gasteiger partial charge in [-0.15, -0.1) is 0 Å². The molecular weight excluding hydrogens is 416 g/mol. The van der Waals surface area contributed by atoms with Crippen LogP contribution in [0.3, 0.4) is 0 Å². The van der Waals surface area contributed by atoms with E-state index in [0.29, 0.717) is 12.3 Å². The van der Waals surface area contributed by atoms with E-state index >= 15 is 0 Å². The fraction of sp³-hybridized carbons (Fsp3) is 0.520. The van der Waals surface area contributed by atoms with Crippen molar-refractivity contribution in [1.29, 1.82) is 0 Å². The topological polar surface area (TPSA) is 87.4 Å². The monoisotopic (exact) mass is 448 g/mol. The average Bonchev–Trinajstić information content (AvgIpc) is 3.23. The van der Waals surface area contributed by atoms with Crippen molar-refractivity contribution in [3.63, 3.8) is 0 Å². The summed E-state index contributed by atoms with van der Waals surface area (Å²) in [5.74, 6) is 1.60. The molecule has 1 N–H and O–H groups in total.